The number of halogens is 1. The van der Waals surface area contributed by atoms with Crippen molar-refractivity contribution in [2.24, 2.45) is 0 Å². The summed E-state index contributed by atoms with van der Waals surface area (Å²) in [6.07, 6.45) is 3.53. The minimum Gasteiger partial charge on any atom is -0.497 e. The average molecular weight is 286 g/mol. The Morgan fingerprint density at radius 1 is 1.38 bits per heavy atom. The van der Waals surface area contributed by atoms with Crippen LogP contribution in [0.4, 0.5) is 5.69 Å². The molecule has 0 aliphatic carbocycles. The zero-order valence-corrected chi connectivity index (χ0v) is 11.8. The molecule has 90 valence electrons. The van der Waals surface area contributed by atoms with E-state index in [1.807, 2.05) is 18.2 Å². The van der Waals surface area contributed by atoms with Crippen LogP contribution < -0.4 is 10.1 Å². The topological polar surface area (TPSA) is 21.3 Å². The summed E-state index contributed by atoms with van der Waals surface area (Å²) in [6, 6.07) is 6.53. The molecule has 16 heavy (non-hydrogen) atoms. The van der Waals surface area contributed by atoms with Gasteiger partial charge in [0.1, 0.15) is 5.75 Å². The minimum atomic E-state index is 0.536. The van der Waals surface area contributed by atoms with Crippen LogP contribution in [0.1, 0.15) is 33.1 Å². The lowest BCUT2D eigenvalue weighted by Crippen LogP contribution is -2.18. The van der Waals surface area contributed by atoms with Gasteiger partial charge >= 0.3 is 0 Å². The molecule has 0 heterocycles. The van der Waals surface area contributed by atoms with Gasteiger partial charge in [0.25, 0.3) is 0 Å². The second-order valence-corrected chi connectivity index (χ2v) is 4.74. The molecule has 1 N–H and O–H groups in total. The predicted molar refractivity (Wildman–Crippen MR) is 73.3 cm³/mol. The maximum absolute atomic E-state index is 5.22. The van der Waals surface area contributed by atoms with E-state index in [-0.39, 0.29) is 0 Å². The van der Waals surface area contributed by atoms with Crippen LogP contribution in [-0.4, -0.2) is 13.2 Å². The number of hydrogen-bond donors (Lipinski definition) is 1. The van der Waals surface area contributed by atoms with Gasteiger partial charge in [0.15, 0.2) is 0 Å². The van der Waals surface area contributed by atoms with E-state index < -0.39 is 0 Å². The number of methoxy groups -OCH3 is 1. The zero-order chi connectivity index (χ0) is 12.0. The van der Waals surface area contributed by atoms with Crippen LogP contribution in [0.15, 0.2) is 22.7 Å². The van der Waals surface area contributed by atoms with Crippen molar-refractivity contribution in [1.29, 1.82) is 0 Å². The van der Waals surface area contributed by atoms with E-state index in [0.29, 0.717) is 6.04 Å². The van der Waals surface area contributed by atoms with Gasteiger partial charge < -0.3 is 10.1 Å². The fraction of sp³-hybridized carbons (Fsp3) is 0.538. The van der Waals surface area contributed by atoms with Gasteiger partial charge in [0, 0.05) is 16.6 Å². The van der Waals surface area contributed by atoms with E-state index >= 15 is 0 Å². The smallest absolute Gasteiger partial charge is 0.121 e. The second-order valence-electron chi connectivity index (χ2n) is 3.88. The maximum atomic E-state index is 5.22. The summed E-state index contributed by atoms with van der Waals surface area (Å²) in [6.45, 7) is 4.42. The number of benzene rings is 1. The van der Waals surface area contributed by atoms with E-state index in [2.05, 4.69) is 35.1 Å². The van der Waals surface area contributed by atoms with Crippen molar-refractivity contribution in [3.8, 4) is 5.75 Å². The molecule has 0 fully saturated rings. The van der Waals surface area contributed by atoms with Crippen LogP contribution in [0.5, 0.6) is 5.75 Å². The molecule has 0 spiro atoms. The third kappa shape index (κ3) is 3.71. The largest absolute Gasteiger partial charge is 0.497 e. The van der Waals surface area contributed by atoms with Gasteiger partial charge in [-0.05, 0) is 40.9 Å². The van der Waals surface area contributed by atoms with Gasteiger partial charge in [-0.2, -0.15) is 0 Å². The lowest BCUT2D eigenvalue weighted by atomic mass is 10.1. The Morgan fingerprint density at radius 2 is 2.12 bits per heavy atom. The zero-order valence-electron chi connectivity index (χ0n) is 10.2. The first kappa shape index (κ1) is 13.4. The Morgan fingerprint density at radius 3 is 2.69 bits per heavy atom. The normalized spacial score (nSPS) is 12.2. The molecule has 3 heteroatoms. The van der Waals surface area contributed by atoms with Gasteiger partial charge in [-0.15, -0.1) is 0 Å². The van der Waals surface area contributed by atoms with Crippen LogP contribution in [0.25, 0.3) is 0 Å². The molecular weight excluding hydrogens is 266 g/mol. The summed E-state index contributed by atoms with van der Waals surface area (Å²) in [7, 11) is 1.69. The van der Waals surface area contributed by atoms with Crippen molar-refractivity contribution >= 4 is 21.6 Å². The van der Waals surface area contributed by atoms with Crippen molar-refractivity contribution in [3.05, 3.63) is 22.7 Å². The highest BCUT2D eigenvalue weighted by Gasteiger charge is 2.08. The highest BCUT2D eigenvalue weighted by atomic mass is 79.9. The van der Waals surface area contributed by atoms with Crippen molar-refractivity contribution < 1.29 is 4.74 Å². The fourth-order valence-corrected chi connectivity index (χ4v) is 2.05. The molecular formula is C13H20BrNO. The predicted octanol–water partition coefficient (Wildman–Crippen LogP) is 4.45. The molecule has 0 radical (unpaired) electrons. The summed E-state index contributed by atoms with van der Waals surface area (Å²) in [5.41, 5.74) is 1.11. The van der Waals surface area contributed by atoms with Crippen LogP contribution in [0.3, 0.4) is 0 Å². The van der Waals surface area contributed by atoms with Gasteiger partial charge in [0.05, 0.1) is 12.8 Å². The summed E-state index contributed by atoms with van der Waals surface area (Å²) in [5, 5.41) is 3.55. The molecule has 1 rings (SSSR count). The molecule has 0 amide bonds. The summed E-state index contributed by atoms with van der Waals surface area (Å²) in [5.74, 6) is 0.886. The van der Waals surface area contributed by atoms with E-state index in [0.717, 1.165) is 22.3 Å². The van der Waals surface area contributed by atoms with E-state index in [4.69, 9.17) is 4.74 Å². The van der Waals surface area contributed by atoms with Crippen molar-refractivity contribution in [3.63, 3.8) is 0 Å². The number of hydrogen-bond acceptors (Lipinski definition) is 2. The second kappa shape index (κ2) is 6.79. The first-order chi connectivity index (χ1) is 7.71. The highest BCUT2D eigenvalue weighted by Crippen LogP contribution is 2.28. The standard InChI is InChI=1S/C13H20BrNO/c1-4-6-10(5-2)15-13-9-11(16-3)7-8-12(13)14/h7-10,15H,4-6H2,1-3H3. The van der Waals surface area contributed by atoms with Crippen LogP contribution in [0.2, 0.25) is 0 Å². The third-order valence-electron chi connectivity index (χ3n) is 2.66. The lowest BCUT2D eigenvalue weighted by molar-refractivity contribution is 0.415. The molecule has 1 atom stereocenters. The molecule has 0 aromatic heterocycles. The molecule has 0 saturated carbocycles. The van der Waals surface area contributed by atoms with Crippen molar-refractivity contribution in [2.45, 2.75) is 39.2 Å². The summed E-state index contributed by atoms with van der Waals surface area (Å²) in [4.78, 5) is 0. The average Bonchev–Trinajstić information content (AvgIpc) is 2.31. The molecule has 0 saturated heterocycles. The minimum absolute atomic E-state index is 0.536. The molecule has 0 aliphatic heterocycles. The first-order valence-corrected chi connectivity index (χ1v) is 6.60. The fourth-order valence-electron chi connectivity index (χ4n) is 1.69. The monoisotopic (exact) mass is 285 g/mol. The van der Waals surface area contributed by atoms with E-state index in [1.165, 1.54) is 12.8 Å². The highest BCUT2D eigenvalue weighted by molar-refractivity contribution is 9.10. The Bertz CT molecular complexity index is 328. The van der Waals surface area contributed by atoms with Crippen molar-refractivity contribution in [2.75, 3.05) is 12.4 Å². The van der Waals surface area contributed by atoms with Gasteiger partial charge in [-0.3, -0.25) is 0 Å². The lowest BCUT2D eigenvalue weighted by Gasteiger charge is -2.19. The Hall–Kier alpha value is -0.700. The van der Waals surface area contributed by atoms with Gasteiger partial charge in [0.2, 0.25) is 0 Å². The van der Waals surface area contributed by atoms with Crippen LogP contribution in [-0.2, 0) is 0 Å². The van der Waals surface area contributed by atoms with E-state index in [1.54, 1.807) is 7.11 Å². The Labute approximate surface area is 107 Å². The maximum Gasteiger partial charge on any atom is 0.121 e. The molecule has 1 unspecified atom stereocenters. The molecule has 0 aliphatic rings. The van der Waals surface area contributed by atoms with Gasteiger partial charge in [-0.25, -0.2) is 0 Å². The molecule has 1 aromatic rings. The quantitative estimate of drug-likeness (QED) is 0.834. The van der Waals surface area contributed by atoms with Gasteiger partial charge in [-0.1, -0.05) is 20.3 Å². The Kier molecular flexibility index (Phi) is 5.67. The third-order valence-corrected chi connectivity index (χ3v) is 3.35. The van der Waals surface area contributed by atoms with Crippen molar-refractivity contribution in [1.82, 2.24) is 0 Å². The molecule has 1 aromatic carbocycles. The molecule has 2 nitrogen and oxygen atoms in total. The summed E-state index contributed by atoms with van der Waals surface area (Å²) < 4.78 is 6.31. The number of nitrogens with one attached hydrogen (secondary N) is 1. The van der Waals surface area contributed by atoms with Crippen LogP contribution in [0, 0.1) is 0 Å². The number of anilines is 1. The number of ether oxygens (including phenoxy) is 1. The number of rotatable bonds is 6. The van der Waals surface area contributed by atoms with E-state index in [9.17, 15) is 0 Å². The summed E-state index contributed by atoms with van der Waals surface area (Å²) >= 11 is 3.55. The molecule has 0 bridgehead atoms. The first-order valence-electron chi connectivity index (χ1n) is 5.81. The van der Waals surface area contributed by atoms with Crippen LogP contribution >= 0.6 is 15.9 Å². The SMILES string of the molecule is CCCC(CC)Nc1cc(OC)ccc1Br. The Balaban J connectivity index is 2.77.